The normalized spacial score (nSPS) is 23.5. The zero-order chi connectivity index (χ0) is 12.3. The molecule has 2 unspecified atom stereocenters. The molecule has 0 aromatic heterocycles. The van der Waals surface area contributed by atoms with Crippen LogP contribution < -0.4 is 5.73 Å². The first-order valence-electron chi connectivity index (χ1n) is 6.02. The molecule has 1 aliphatic rings. The zero-order valence-corrected chi connectivity index (χ0v) is 10.2. The molecular weight excluding hydrogens is 216 g/mol. The Morgan fingerprint density at radius 2 is 2.18 bits per heavy atom. The van der Waals surface area contributed by atoms with Crippen LogP contribution in [0.15, 0.2) is 24.3 Å². The van der Waals surface area contributed by atoms with Crippen LogP contribution in [0, 0.1) is 0 Å². The van der Waals surface area contributed by atoms with E-state index in [4.69, 9.17) is 10.5 Å². The van der Waals surface area contributed by atoms with Crippen LogP contribution in [0.2, 0.25) is 0 Å². The molecule has 0 amide bonds. The van der Waals surface area contributed by atoms with Gasteiger partial charge in [0.15, 0.2) is 0 Å². The SMILES string of the molecule is CC(c1ccc(N)cc1)N1CCOCC1CO. The van der Waals surface area contributed by atoms with Crippen molar-refractivity contribution in [3.63, 3.8) is 0 Å². The summed E-state index contributed by atoms with van der Waals surface area (Å²) in [4.78, 5) is 2.29. The third-order valence-corrected chi connectivity index (χ3v) is 3.40. The van der Waals surface area contributed by atoms with Gasteiger partial charge in [0.25, 0.3) is 0 Å². The summed E-state index contributed by atoms with van der Waals surface area (Å²) in [5.41, 5.74) is 7.69. The number of aliphatic hydroxyl groups excluding tert-OH is 1. The smallest absolute Gasteiger partial charge is 0.0645 e. The fraction of sp³-hybridized carbons (Fsp3) is 0.538. The summed E-state index contributed by atoms with van der Waals surface area (Å²) in [5.74, 6) is 0. The van der Waals surface area contributed by atoms with Crippen LogP contribution in [-0.2, 0) is 4.74 Å². The van der Waals surface area contributed by atoms with E-state index in [1.807, 2.05) is 24.3 Å². The molecule has 3 N–H and O–H groups in total. The van der Waals surface area contributed by atoms with Gasteiger partial charge in [0.1, 0.15) is 0 Å². The summed E-state index contributed by atoms with van der Waals surface area (Å²) < 4.78 is 5.39. The van der Waals surface area contributed by atoms with Crippen LogP contribution >= 0.6 is 0 Å². The van der Waals surface area contributed by atoms with Gasteiger partial charge in [-0.15, -0.1) is 0 Å². The Hall–Kier alpha value is -1.10. The third-order valence-electron chi connectivity index (χ3n) is 3.40. The number of benzene rings is 1. The van der Waals surface area contributed by atoms with E-state index < -0.39 is 0 Å². The molecule has 4 nitrogen and oxygen atoms in total. The van der Waals surface area contributed by atoms with Crippen LogP contribution in [-0.4, -0.2) is 42.4 Å². The van der Waals surface area contributed by atoms with Crippen molar-refractivity contribution < 1.29 is 9.84 Å². The number of hydrogen-bond donors (Lipinski definition) is 2. The largest absolute Gasteiger partial charge is 0.399 e. The highest BCUT2D eigenvalue weighted by Gasteiger charge is 2.27. The topological polar surface area (TPSA) is 58.7 Å². The Kier molecular flexibility index (Phi) is 3.99. The standard InChI is InChI=1S/C13H20N2O2/c1-10(11-2-4-12(14)5-3-11)15-6-7-17-9-13(15)8-16/h2-5,10,13,16H,6-9,14H2,1H3. The van der Waals surface area contributed by atoms with E-state index in [2.05, 4.69) is 11.8 Å². The average Bonchev–Trinajstić information content (AvgIpc) is 2.39. The van der Waals surface area contributed by atoms with Crippen LogP contribution in [0.4, 0.5) is 5.69 Å². The maximum atomic E-state index is 9.36. The molecule has 1 fully saturated rings. The van der Waals surface area contributed by atoms with E-state index in [9.17, 15) is 5.11 Å². The Labute approximate surface area is 102 Å². The van der Waals surface area contributed by atoms with E-state index in [0.29, 0.717) is 6.61 Å². The van der Waals surface area contributed by atoms with Crippen molar-refractivity contribution in [1.29, 1.82) is 0 Å². The molecule has 2 atom stereocenters. The molecule has 1 aromatic rings. The van der Waals surface area contributed by atoms with E-state index in [1.54, 1.807) is 0 Å². The second-order valence-corrected chi connectivity index (χ2v) is 4.49. The lowest BCUT2D eigenvalue weighted by atomic mass is 10.0. The number of hydrogen-bond acceptors (Lipinski definition) is 4. The minimum Gasteiger partial charge on any atom is -0.399 e. The van der Waals surface area contributed by atoms with E-state index in [-0.39, 0.29) is 18.7 Å². The molecule has 0 aliphatic carbocycles. The number of nitrogen functional groups attached to an aromatic ring is 1. The molecule has 1 aromatic carbocycles. The summed E-state index contributed by atoms with van der Waals surface area (Å²) in [6, 6.07) is 8.29. The number of nitrogens with two attached hydrogens (primary N) is 1. The van der Waals surface area contributed by atoms with Gasteiger partial charge < -0.3 is 15.6 Å². The molecule has 1 saturated heterocycles. The molecule has 0 saturated carbocycles. The molecule has 4 heteroatoms. The maximum absolute atomic E-state index is 9.36. The lowest BCUT2D eigenvalue weighted by Gasteiger charge is -2.39. The van der Waals surface area contributed by atoms with E-state index in [1.165, 1.54) is 5.56 Å². The fourth-order valence-electron chi connectivity index (χ4n) is 2.30. The Morgan fingerprint density at radius 1 is 1.47 bits per heavy atom. The quantitative estimate of drug-likeness (QED) is 0.769. The van der Waals surface area contributed by atoms with Crippen LogP contribution in [0.25, 0.3) is 0 Å². The number of morpholine rings is 1. The first-order chi connectivity index (χ1) is 8.22. The minimum atomic E-state index is 0.0938. The van der Waals surface area contributed by atoms with Crippen molar-refractivity contribution in [2.45, 2.75) is 19.0 Å². The van der Waals surface area contributed by atoms with Gasteiger partial charge in [-0.2, -0.15) is 0 Å². The predicted molar refractivity (Wildman–Crippen MR) is 67.7 cm³/mol. The third kappa shape index (κ3) is 2.77. The van der Waals surface area contributed by atoms with Crippen molar-refractivity contribution in [2.24, 2.45) is 0 Å². The van der Waals surface area contributed by atoms with Gasteiger partial charge in [-0.3, -0.25) is 4.90 Å². The summed E-state index contributed by atoms with van der Waals surface area (Å²) in [5, 5.41) is 9.36. The fourth-order valence-corrected chi connectivity index (χ4v) is 2.30. The van der Waals surface area contributed by atoms with E-state index in [0.717, 1.165) is 18.8 Å². The highest BCUT2D eigenvalue weighted by atomic mass is 16.5. The van der Waals surface area contributed by atoms with Gasteiger partial charge in [0.05, 0.1) is 25.9 Å². The van der Waals surface area contributed by atoms with Crippen molar-refractivity contribution in [2.75, 3.05) is 32.1 Å². The number of anilines is 1. The lowest BCUT2D eigenvalue weighted by Crippen LogP contribution is -2.48. The van der Waals surface area contributed by atoms with Crippen molar-refractivity contribution in [3.05, 3.63) is 29.8 Å². The number of nitrogens with zero attached hydrogens (tertiary/aromatic N) is 1. The maximum Gasteiger partial charge on any atom is 0.0645 e. The van der Waals surface area contributed by atoms with Gasteiger partial charge in [-0.05, 0) is 24.6 Å². The van der Waals surface area contributed by atoms with Crippen molar-refractivity contribution in [1.82, 2.24) is 4.90 Å². The summed E-state index contributed by atoms with van der Waals surface area (Å²) in [7, 11) is 0. The molecule has 17 heavy (non-hydrogen) atoms. The molecular formula is C13H20N2O2. The summed E-state index contributed by atoms with van der Waals surface area (Å²) in [6.07, 6.45) is 0. The van der Waals surface area contributed by atoms with Crippen molar-refractivity contribution in [3.8, 4) is 0 Å². The second-order valence-electron chi connectivity index (χ2n) is 4.49. The molecule has 0 bridgehead atoms. The van der Waals surface area contributed by atoms with Gasteiger partial charge in [-0.1, -0.05) is 12.1 Å². The Balaban J connectivity index is 2.12. The molecule has 0 spiro atoms. The van der Waals surface area contributed by atoms with E-state index >= 15 is 0 Å². The predicted octanol–water partition coefficient (Wildman–Crippen LogP) is 1.02. The Morgan fingerprint density at radius 3 is 2.82 bits per heavy atom. The Bertz CT molecular complexity index is 353. The monoisotopic (exact) mass is 236 g/mol. The van der Waals surface area contributed by atoms with Crippen LogP contribution in [0.5, 0.6) is 0 Å². The summed E-state index contributed by atoms with van der Waals surface area (Å²) in [6.45, 7) is 4.49. The summed E-state index contributed by atoms with van der Waals surface area (Å²) >= 11 is 0. The molecule has 2 rings (SSSR count). The molecule has 1 heterocycles. The van der Waals surface area contributed by atoms with Gasteiger partial charge >= 0.3 is 0 Å². The highest BCUT2D eigenvalue weighted by molar-refractivity contribution is 5.40. The molecule has 0 radical (unpaired) electrons. The number of ether oxygens (including phenoxy) is 1. The minimum absolute atomic E-state index is 0.0938. The van der Waals surface area contributed by atoms with Crippen LogP contribution in [0.1, 0.15) is 18.5 Å². The second kappa shape index (κ2) is 5.49. The first-order valence-corrected chi connectivity index (χ1v) is 6.02. The van der Waals surface area contributed by atoms with Gasteiger partial charge in [-0.25, -0.2) is 0 Å². The average molecular weight is 236 g/mol. The van der Waals surface area contributed by atoms with Crippen molar-refractivity contribution >= 4 is 5.69 Å². The molecule has 1 aliphatic heterocycles. The van der Waals surface area contributed by atoms with Gasteiger partial charge in [0, 0.05) is 18.3 Å². The van der Waals surface area contributed by atoms with Crippen LogP contribution in [0.3, 0.4) is 0 Å². The highest BCUT2D eigenvalue weighted by Crippen LogP contribution is 2.24. The number of rotatable bonds is 3. The molecule has 94 valence electrons. The lowest BCUT2D eigenvalue weighted by molar-refractivity contribution is -0.0447. The number of aliphatic hydroxyl groups is 1. The zero-order valence-electron chi connectivity index (χ0n) is 10.2. The first kappa shape index (κ1) is 12.4. The van der Waals surface area contributed by atoms with Gasteiger partial charge in [0.2, 0.25) is 0 Å².